The molecular weight excluding hydrogens is 394 g/mol. The monoisotopic (exact) mass is 419 g/mol. The Balaban J connectivity index is 1.57. The molecule has 0 aliphatic heterocycles. The second-order valence-corrected chi connectivity index (χ2v) is 8.31. The van der Waals surface area contributed by atoms with Gasteiger partial charge in [-0.1, -0.05) is 13.0 Å². The fraction of sp³-hybridized carbons (Fsp3) is 0.304. The molecule has 30 heavy (non-hydrogen) atoms. The highest BCUT2D eigenvalue weighted by Crippen LogP contribution is 2.27. The number of thiophene rings is 1. The zero-order valence-electron chi connectivity index (χ0n) is 17.2. The largest absolute Gasteiger partial charge is 0.314 e. The van der Waals surface area contributed by atoms with E-state index in [-0.39, 0.29) is 5.78 Å². The summed E-state index contributed by atoms with van der Waals surface area (Å²) in [6, 6.07) is 9.98. The van der Waals surface area contributed by atoms with Crippen LogP contribution in [-0.2, 0) is 0 Å². The van der Waals surface area contributed by atoms with Gasteiger partial charge in [0.25, 0.3) is 0 Å². The van der Waals surface area contributed by atoms with E-state index in [0.717, 1.165) is 41.2 Å². The third-order valence-corrected chi connectivity index (χ3v) is 5.94. The molecule has 1 N–H and O–H groups in total. The van der Waals surface area contributed by atoms with Crippen molar-refractivity contribution in [2.24, 2.45) is 0 Å². The van der Waals surface area contributed by atoms with Gasteiger partial charge in [-0.05, 0) is 56.0 Å². The quantitative estimate of drug-likeness (QED) is 0.392. The van der Waals surface area contributed by atoms with E-state index in [9.17, 15) is 4.79 Å². The van der Waals surface area contributed by atoms with Crippen molar-refractivity contribution in [3.63, 3.8) is 0 Å². The lowest BCUT2D eigenvalue weighted by Crippen LogP contribution is -2.27. The zero-order valence-corrected chi connectivity index (χ0v) is 18.0. The van der Waals surface area contributed by atoms with Gasteiger partial charge in [0.05, 0.1) is 28.0 Å². The summed E-state index contributed by atoms with van der Waals surface area (Å²) in [5.41, 5.74) is 3.84. The number of carbonyl (C=O) groups excluding carboxylic acids is 1. The normalized spacial score (nSPS) is 12.3. The van der Waals surface area contributed by atoms with Gasteiger partial charge in [0.2, 0.25) is 0 Å². The van der Waals surface area contributed by atoms with Crippen LogP contribution in [-0.4, -0.2) is 38.0 Å². The van der Waals surface area contributed by atoms with E-state index in [4.69, 9.17) is 4.98 Å². The summed E-state index contributed by atoms with van der Waals surface area (Å²) in [5, 5.41) is 9.87. The van der Waals surface area contributed by atoms with Crippen LogP contribution in [0.25, 0.3) is 27.5 Å². The molecular formula is C23H25N5OS. The third kappa shape index (κ3) is 4.47. The fourth-order valence-corrected chi connectivity index (χ4v) is 4.04. The Morgan fingerprint density at radius 2 is 2.17 bits per heavy atom. The smallest absolute Gasteiger partial charge is 0.165 e. The zero-order chi connectivity index (χ0) is 20.9. The number of carbonyl (C=O) groups is 1. The molecule has 0 bridgehead atoms. The minimum Gasteiger partial charge on any atom is -0.314 e. The Bertz CT molecular complexity index is 1140. The molecule has 1 atom stereocenters. The van der Waals surface area contributed by atoms with Gasteiger partial charge in [-0.15, -0.1) is 11.3 Å². The van der Waals surface area contributed by atoms with Gasteiger partial charge in [-0.2, -0.15) is 5.10 Å². The lowest BCUT2D eigenvalue weighted by molar-refractivity contribution is 0.0976. The second kappa shape index (κ2) is 9.28. The summed E-state index contributed by atoms with van der Waals surface area (Å²) in [5.74, 6) is 0.132. The number of hydrogen-bond acceptors (Lipinski definition) is 6. The highest BCUT2D eigenvalue weighted by molar-refractivity contribution is 7.13. The number of nitrogens with one attached hydrogen (secondary N) is 1. The minimum atomic E-state index is 0.132. The van der Waals surface area contributed by atoms with Crippen molar-refractivity contribution >= 4 is 22.8 Å². The van der Waals surface area contributed by atoms with E-state index >= 15 is 0 Å². The average molecular weight is 420 g/mol. The summed E-state index contributed by atoms with van der Waals surface area (Å²) in [6.45, 7) is 5.24. The summed E-state index contributed by atoms with van der Waals surface area (Å²) in [6.07, 6.45) is 7.77. The van der Waals surface area contributed by atoms with Crippen molar-refractivity contribution in [2.75, 3.05) is 6.54 Å². The molecule has 0 saturated heterocycles. The molecule has 0 aliphatic rings. The number of rotatable bonds is 9. The maximum atomic E-state index is 12.7. The highest BCUT2D eigenvalue weighted by atomic mass is 32.1. The van der Waals surface area contributed by atoms with Gasteiger partial charge in [0, 0.05) is 30.4 Å². The first-order valence-corrected chi connectivity index (χ1v) is 11.1. The van der Waals surface area contributed by atoms with E-state index in [0.29, 0.717) is 23.7 Å². The van der Waals surface area contributed by atoms with E-state index < -0.39 is 0 Å². The maximum absolute atomic E-state index is 12.7. The van der Waals surface area contributed by atoms with Crippen LogP contribution in [0.2, 0.25) is 0 Å². The van der Waals surface area contributed by atoms with E-state index in [1.165, 1.54) is 0 Å². The molecule has 0 amide bonds. The van der Waals surface area contributed by atoms with Crippen LogP contribution in [0.5, 0.6) is 0 Å². The van der Waals surface area contributed by atoms with Gasteiger partial charge in [0.1, 0.15) is 0 Å². The molecule has 4 aromatic heterocycles. The number of fused-ring (bicyclic) bond motifs is 1. The van der Waals surface area contributed by atoms with E-state index in [1.807, 2.05) is 35.8 Å². The van der Waals surface area contributed by atoms with Crippen LogP contribution in [0, 0.1) is 0 Å². The summed E-state index contributed by atoms with van der Waals surface area (Å²) in [4.78, 5) is 23.1. The molecule has 6 nitrogen and oxygen atoms in total. The standard InChI is InChI=1S/C23H25N5OS/c1-3-10-24-16(2)6-7-21(29)17-8-11-25-20(14-17)18-15-26-28-12-9-19(27-23(18)28)22-5-4-13-30-22/h4-5,8-9,11-16,24H,3,6-7,10H2,1-2H3/t16-/m0/s1. The molecule has 0 saturated carbocycles. The van der Waals surface area contributed by atoms with Crippen LogP contribution >= 0.6 is 11.3 Å². The van der Waals surface area contributed by atoms with Crippen molar-refractivity contribution in [3.8, 4) is 21.8 Å². The number of Topliss-reactive ketones (excluding diaryl/α,β-unsaturated/α-hetero) is 1. The Kier molecular flexibility index (Phi) is 6.30. The number of aromatic nitrogens is 4. The van der Waals surface area contributed by atoms with Crippen LogP contribution in [0.4, 0.5) is 0 Å². The maximum Gasteiger partial charge on any atom is 0.165 e. The van der Waals surface area contributed by atoms with Crippen LogP contribution < -0.4 is 5.32 Å². The number of nitrogens with zero attached hydrogens (tertiary/aromatic N) is 4. The molecule has 0 unspecified atom stereocenters. The van der Waals surface area contributed by atoms with Crippen molar-refractivity contribution in [1.29, 1.82) is 0 Å². The van der Waals surface area contributed by atoms with Crippen molar-refractivity contribution in [3.05, 3.63) is 59.9 Å². The van der Waals surface area contributed by atoms with Gasteiger partial charge >= 0.3 is 0 Å². The van der Waals surface area contributed by atoms with Gasteiger partial charge in [-0.25, -0.2) is 9.50 Å². The van der Waals surface area contributed by atoms with Crippen LogP contribution in [0.1, 0.15) is 43.5 Å². The lowest BCUT2D eigenvalue weighted by atomic mass is 10.0. The Morgan fingerprint density at radius 1 is 1.27 bits per heavy atom. The summed E-state index contributed by atoms with van der Waals surface area (Å²) < 4.78 is 1.74. The highest BCUT2D eigenvalue weighted by Gasteiger charge is 2.14. The summed E-state index contributed by atoms with van der Waals surface area (Å²) in [7, 11) is 0. The average Bonchev–Trinajstić information content (AvgIpc) is 3.45. The topological polar surface area (TPSA) is 72.2 Å². The summed E-state index contributed by atoms with van der Waals surface area (Å²) >= 11 is 1.65. The second-order valence-electron chi connectivity index (χ2n) is 7.36. The third-order valence-electron chi connectivity index (χ3n) is 5.05. The van der Waals surface area contributed by atoms with E-state index in [2.05, 4.69) is 29.2 Å². The molecule has 0 fully saturated rings. The Hall–Kier alpha value is -2.90. The first kappa shape index (κ1) is 20.4. The van der Waals surface area contributed by atoms with E-state index in [1.54, 1.807) is 34.3 Å². The number of pyridine rings is 1. The fourth-order valence-electron chi connectivity index (χ4n) is 3.35. The first-order chi connectivity index (χ1) is 14.7. The minimum absolute atomic E-state index is 0.132. The molecule has 4 aromatic rings. The predicted molar refractivity (Wildman–Crippen MR) is 121 cm³/mol. The first-order valence-electron chi connectivity index (χ1n) is 10.3. The lowest BCUT2D eigenvalue weighted by Gasteiger charge is -2.12. The van der Waals surface area contributed by atoms with Crippen molar-refractivity contribution in [1.82, 2.24) is 24.9 Å². The molecule has 4 rings (SSSR count). The number of hydrogen-bond donors (Lipinski definition) is 1. The van der Waals surface area contributed by atoms with Gasteiger partial charge < -0.3 is 5.32 Å². The van der Waals surface area contributed by atoms with Crippen molar-refractivity contribution in [2.45, 2.75) is 39.2 Å². The van der Waals surface area contributed by atoms with Gasteiger partial charge in [0.15, 0.2) is 11.4 Å². The molecule has 154 valence electrons. The molecule has 0 aromatic carbocycles. The molecule has 7 heteroatoms. The Morgan fingerprint density at radius 3 is 2.97 bits per heavy atom. The molecule has 4 heterocycles. The number of ketones is 1. The van der Waals surface area contributed by atoms with Crippen molar-refractivity contribution < 1.29 is 4.79 Å². The SMILES string of the molecule is CCCN[C@@H](C)CCC(=O)c1ccnc(-c2cnn3ccc(-c4cccs4)nc23)c1. The molecule has 0 aliphatic carbocycles. The molecule has 0 radical (unpaired) electrons. The van der Waals surface area contributed by atoms with Crippen LogP contribution in [0.15, 0.2) is 54.3 Å². The molecule has 0 spiro atoms. The Labute approximate surface area is 180 Å². The predicted octanol–water partition coefficient (Wildman–Crippen LogP) is 4.87. The van der Waals surface area contributed by atoms with Crippen LogP contribution in [0.3, 0.4) is 0 Å². The van der Waals surface area contributed by atoms with Gasteiger partial charge in [-0.3, -0.25) is 9.78 Å².